The molecule has 1 saturated heterocycles. The van der Waals surface area contributed by atoms with Gasteiger partial charge < -0.3 is 5.32 Å². The van der Waals surface area contributed by atoms with Crippen molar-refractivity contribution in [2.45, 2.75) is 52.0 Å². The summed E-state index contributed by atoms with van der Waals surface area (Å²) in [4.78, 5) is 0. The van der Waals surface area contributed by atoms with Gasteiger partial charge in [-0.1, -0.05) is 13.8 Å². The number of sulfonamides is 1. The van der Waals surface area contributed by atoms with E-state index in [9.17, 15) is 8.42 Å². The maximum atomic E-state index is 12.2. The summed E-state index contributed by atoms with van der Waals surface area (Å²) in [7, 11) is -3.01. The van der Waals surface area contributed by atoms with Crippen LogP contribution in [0.4, 0.5) is 0 Å². The van der Waals surface area contributed by atoms with Gasteiger partial charge in [0.1, 0.15) is 0 Å². The Morgan fingerprint density at radius 3 is 2.53 bits per heavy atom. The van der Waals surface area contributed by atoms with Crippen molar-refractivity contribution in [3.05, 3.63) is 0 Å². The molecule has 1 aliphatic carbocycles. The summed E-state index contributed by atoms with van der Waals surface area (Å²) in [5, 5.41) is 3.43. The maximum Gasteiger partial charge on any atom is 0.214 e. The molecule has 1 aliphatic heterocycles. The molecular weight excluding hydrogens is 260 g/mol. The zero-order chi connectivity index (χ0) is 13.9. The number of hydrogen-bond donors (Lipinski definition) is 1. The lowest BCUT2D eigenvalue weighted by atomic mass is 9.96. The summed E-state index contributed by atoms with van der Waals surface area (Å²) in [5.41, 5.74) is 0. The molecule has 1 heterocycles. The minimum Gasteiger partial charge on any atom is -0.314 e. The van der Waals surface area contributed by atoms with Gasteiger partial charge in [0.05, 0.1) is 5.75 Å². The molecule has 112 valence electrons. The van der Waals surface area contributed by atoms with Gasteiger partial charge in [-0.15, -0.1) is 0 Å². The predicted molar refractivity (Wildman–Crippen MR) is 78.6 cm³/mol. The second-order valence-corrected chi connectivity index (χ2v) is 8.49. The number of nitrogens with one attached hydrogen (secondary N) is 1. The van der Waals surface area contributed by atoms with Crippen LogP contribution < -0.4 is 5.32 Å². The maximum absolute atomic E-state index is 12.2. The zero-order valence-corrected chi connectivity index (χ0v) is 13.1. The van der Waals surface area contributed by atoms with Gasteiger partial charge >= 0.3 is 0 Å². The summed E-state index contributed by atoms with van der Waals surface area (Å²) in [6, 6.07) is 0.724. The number of hydrogen-bond acceptors (Lipinski definition) is 3. The summed E-state index contributed by atoms with van der Waals surface area (Å²) in [6.07, 6.45) is 5.37. The van der Waals surface area contributed by atoms with Crippen molar-refractivity contribution in [1.82, 2.24) is 9.62 Å². The first-order chi connectivity index (χ1) is 8.99. The van der Waals surface area contributed by atoms with Gasteiger partial charge in [0.25, 0.3) is 0 Å². The first-order valence-corrected chi connectivity index (χ1v) is 9.31. The molecule has 0 aromatic heterocycles. The molecule has 0 spiro atoms. The predicted octanol–water partition coefficient (Wildman–Crippen LogP) is 1.83. The molecule has 0 aromatic carbocycles. The number of rotatable bonds is 8. The number of nitrogens with zero attached hydrogens (tertiary/aromatic N) is 1. The third-order valence-corrected chi connectivity index (χ3v) is 6.29. The second-order valence-electron chi connectivity index (χ2n) is 6.40. The third-order valence-electron chi connectivity index (χ3n) is 4.36. The fourth-order valence-corrected chi connectivity index (χ4v) is 4.31. The Morgan fingerprint density at radius 2 is 1.95 bits per heavy atom. The molecule has 0 radical (unpaired) electrons. The van der Waals surface area contributed by atoms with E-state index in [1.165, 1.54) is 12.8 Å². The lowest BCUT2D eigenvalue weighted by Crippen LogP contribution is -2.32. The standard InChI is InChI=1S/C14H28N2O2S/c1-12(2)13-7-9-16(11-13)19(17,18)10-4-3-8-15-14-5-6-14/h12-15H,3-11H2,1-2H3. The Hall–Kier alpha value is -0.130. The fourth-order valence-electron chi connectivity index (χ4n) is 2.68. The van der Waals surface area contributed by atoms with E-state index in [1.807, 2.05) is 0 Å². The topological polar surface area (TPSA) is 49.4 Å². The molecule has 19 heavy (non-hydrogen) atoms. The van der Waals surface area contributed by atoms with E-state index < -0.39 is 10.0 Å². The van der Waals surface area contributed by atoms with Crippen LogP contribution in [-0.2, 0) is 10.0 Å². The van der Waals surface area contributed by atoms with Gasteiger partial charge in [0, 0.05) is 19.1 Å². The third kappa shape index (κ3) is 4.72. The molecule has 0 aromatic rings. The molecule has 5 heteroatoms. The van der Waals surface area contributed by atoms with Crippen LogP contribution in [0.3, 0.4) is 0 Å². The SMILES string of the molecule is CC(C)C1CCN(S(=O)(=O)CCCCNC2CC2)C1. The van der Waals surface area contributed by atoms with Gasteiger partial charge in [-0.05, 0) is 50.5 Å². The Kier molecular flexibility index (Phi) is 5.26. The molecule has 2 aliphatic rings. The monoisotopic (exact) mass is 288 g/mol. The smallest absolute Gasteiger partial charge is 0.214 e. The minimum absolute atomic E-state index is 0.324. The molecule has 1 N–H and O–H groups in total. The first kappa shape index (κ1) is 15.3. The minimum atomic E-state index is -3.01. The van der Waals surface area contributed by atoms with Crippen LogP contribution in [0.5, 0.6) is 0 Å². The summed E-state index contributed by atoms with van der Waals surface area (Å²) in [5.74, 6) is 1.46. The van der Waals surface area contributed by atoms with Crippen LogP contribution >= 0.6 is 0 Å². The molecule has 2 fully saturated rings. The van der Waals surface area contributed by atoms with Crippen LogP contribution in [0, 0.1) is 11.8 Å². The molecule has 0 amide bonds. The largest absolute Gasteiger partial charge is 0.314 e. The second kappa shape index (κ2) is 6.55. The van der Waals surface area contributed by atoms with E-state index in [1.54, 1.807) is 4.31 Å². The fraction of sp³-hybridized carbons (Fsp3) is 1.00. The van der Waals surface area contributed by atoms with Crippen molar-refractivity contribution in [2.75, 3.05) is 25.4 Å². The molecule has 0 bridgehead atoms. The Bertz CT molecular complexity index is 377. The normalized spacial score (nSPS) is 25.3. The van der Waals surface area contributed by atoms with Crippen LogP contribution in [-0.4, -0.2) is 44.2 Å². The summed E-state index contributed by atoms with van der Waals surface area (Å²) in [6.45, 7) is 6.80. The highest BCUT2D eigenvalue weighted by Gasteiger charge is 2.32. The molecule has 1 atom stereocenters. The van der Waals surface area contributed by atoms with Crippen molar-refractivity contribution in [1.29, 1.82) is 0 Å². The lowest BCUT2D eigenvalue weighted by molar-refractivity contribution is 0.388. The van der Waals surface area contributed by atoms with Crippen LogP contribution in [0.2, 0.25) is 0 Å². The van der Waals surface area contributed by atoms with Crippen molar-refractivity contribution >= 4 is 10.0 Å². The quantitative estimate of drug-likeness (QED) is 0.693. The van der Waals surface area contributed by atoms with Crippen molar-refractivity contribution < 1.29 is 8.42 Å². The van der Waals surface area contributed by atoms with Crippen LogP contribution in [0.1, 0.15) is 46.0 Å². The molecular formula is C14H28N2O2S. The molecule has 4 nitrogen and oxygen atoms in total. The van der Waals surface area contributed by atoms with E-state index in [0.717, 1.165) is 44.9 Å². The summed E-state index contributed by atoms with van der Waals surface area (Å²) < 4.78 is 26.1. The highest BCUT2D eigenvalue weighted by Crippen LogP contribution is 2.26. The van der Waals surface area contributed by atoms with E-state index in [2.05, 4.69) is 19.2 Å². The Balaban J connectivity index is 1.66. The van der Waals surface area contributed by atoms with Gasteiger partial charge in [0.15, 0.2) is 0 Å². The Labute approximate surface area is 118 Å². The lowest BCUT2D eigenvalue weighted by Gasteiger charge is -2.18. The van der Waals surface area contributed by atoms with Gasteiger partial charge in [-0.3, -0.25) is 0 Å². The average Bonchev–Trinajstić information content (AvgIpc) is 3.01. The first-order valence-electron chi connectivity index (χ1n) is 7.70. The molecule has 1 saturated carbocycles. The van der Waals surface area contributed by atoms with Crippen molar-refractivity contribution in [3.63, 3.8) is 0 Å². The van der Waals surface area contributed by atoms with Crippen LogP contribution in [0.25, 0.3) is 0 Å². The highest BCUT2D eigenvalue weighted by molar-refractivity contribution is 7.89. The summed E-state index contributed by atoms with van der Waals surface area (Å²) >= 11 is 0. The Morgan fingerprint density at radius 1 is 1.21 bits per heavy atom. The zero-order valence-electron chi connectivity index (χ0n) is 12.3. The van der Waals surface area contributed by atoms with Gasteiger partial charge in [-0.2, -0.15) is 0 Å². The van der Waals surface area contributed by atoms with E-state index in [-0.39, 0.29) is 0 Å². The van der Waals surface area contributed by atoms with Crippen molar-refractivity contribution in [2.24, 2.45) is 11.8 Å². The van der Waals surface area contributed by atoms with Crippen LogP contribution in [0.15, 0.2) is 0 Å². The van der Waals surface area contributed by atoms with E-state index >= 15 is 0 Å². The number of unbranched alkanes of at least 4 members (excludes halogenated alkanes) is 1. The van der Waals surface area contributed by atoms with Crippen molar-refractivity contribution in [3.8, 4) is 0 Å². The molecule has 2 rings (SSSR count). The average molecular weight is 288 g/mol. The van der Waals surface area contributed by atoms with E-state index in [4.69, 9.17) is 0 Å². The van der Waals surface area contributed by atoms with Gasteiger partial charge in [-0.25, -0.2) is 12.7 Å². The van der Waals surface area contributed by atoms with Gasteiger partial charge in [0.2, 0.25) is 10.0 Å². The molecule has 1 unspecified atom stereocenters. The highest BCUT2D eigenvalue weighted by atomic mass is 32.2. The van der Waals surface area contributed by atoms with E-state index in [0.29, 0.717) is 17.6 Å².